The van der Waals surface area contributed by atoms with E-state index in [9.17, 15) is 0 Å². The lowest BCUT2D eigenvalue weighted by Crippen LogP contribution is -2.40. The molecule has 0 aromatic rings. The lowest BCUT2D eigenvalue weighted by molar-refractivity contribution is -0.191. The van der Waals surface area contributed by atoms with Gasteiger partial charge in [0.15, 0.2) is 11.7 Å². The van der Waals surface area contributed by atoms with Crippen LogP contribution in [0.15, 0.2) is 4.99 Å². The third-order valence-corrected chi connectivity index (χ3v) is 4.09. The van der Waals surface area contributed by atoms with E-state index >= 15 is 0 Å². The first-order valence-electron chi connectivity index (χ1n) is 7.85. The predicted molar refractivity (Wildman–Crippen MR) is 80.5 cm³/mol. The number of nitrogens with one attached hydrogen (secondary N) is 1. The molecule has 1 aliphatic heterocycles. The lowest BCUT2D eigenvalue weighted by atomic mass is 9.86. The van der Waals surface area contributed by atoms with E-state index in [4.69, 9.17) is 15.2 Å². The van der Waals surface area contributed by atoms with Crippen LogP contribution < -0.4 is 11.1 Å². The van der Waals surface area contributed by atoms with Gasteiger partial charge in [-0.05, 0) is 24.7 Å². The topological polar surface area (TPSA) is 68.9 Å². The highest BCUT2D eigenvalue weighted by atomic mass is 16.7. The molecule has 20 heavy (non-hydrogen) atoms. The van der Waals surface area contributed by atoms with Gasteiger partial charge in [-0.2, -0.15) is 0 Å². The maximum absolute atomic E-state index is 6.12. The van der Waals surface area contributed by atoms with Crippen LogP contribution in [0.25, 0.3) is 0 Å². The highest BCUT2D eigenvalue weighted by Crippen LogP contribution is 2.39. The Bertz CT molecular complexity index is 336. The van der Waals surface area contributed by atoms with Crippen molar-refractivity contribution in [3.05, 3.63) is 0 Å². The van der Waals surface area contributed by atoms with E-state index in [2.05, 4.69) is 31.1 Å². The number of hydrogen-bond donors (Lipinski definition) is 2. The molecular formula is C15H29N3O2. The summed E-state index contributed by atoms with van der Waals surface area (Å²) in [4.78, 5) is 4.29. The smallest absolute Gasteiger partial charge is 0.188 e. The summed E-state index contributed by atoms with van der Waals surface area (Å²) in [6.07, 6.45) is 4.50. The van der Waals surface area contributed by atoms with E-state index in [-0.39, 0.29) is 11.9 Å². The van der Waals surface area contributed by atoms with E-state index in [0.717, 1.165) is 25.3 Å². The summed E-state index contributed by atoms with van der Waals surface area (Å²) >= 11 is 0. The van der Waals surface area contributed by atoms with Gasteiger partial charge >= 0.3 is 0 Å². The molecule has 5 heteroatoms. The number of aliphatic imine (C=N–C) groups is 1. The van der Waals surface area contributed by atoms with Crippen molar-refractivity contribution < 1.29 is 9.47 Å². The molecule has 0 amide bonds. The second-order valence-corrected chi connectivity index (χ2v) is 6.64. The van der Waals surface area contributed by atoms with Gasteiger partial charge in [-0.3, -0.25) is 4.99 Å². The molecular weight excluding hydrogens is 254 g/mol. The second kappa shape index (κ2) is 6.76. The molecule has 1 spiro atoms. The summed E-state index contributed by atoms with van der Waals surface area (Å²) in [5.74, 6) is 1.50. The van der Waals surface area contributed by atoms with Crippen molar-refractivity contribution in [2.45, 2.75) is 58.3 Å². The van der Waals surface area contributed by atoms with E-state index in [0.29, 0.717) is 25.0 Å². The number of guanidine groups is 1. The van der Waals surface area contributed by atoms with Gasteiger partial charge in [0.05, 0.1) is 6.61 Å². The number of hydrogen-bond acceptors (Lipinski definition) is 3. The summed E-state index contributed by atoms with van der Waals surface area (Å²) in [6, 6.07) is 0. The molecule has 1 saturated heterocycles. The zero-order chi connectivity index (χ0) is 14.6. The molecule has 1 saturated carbocycles. The van der Waals surface area contributed by atoms with Crippen LogP contribution in [0.5, 0.6) is 0 Å². The van der Waals surface area contributed by atoms with E-state index in [1.165, 1.54) is 12.8 Å². The van der Waals surface area contributed by atoms with Crippen molar-refractivity contribution in [3.8, 4) is 0 Å². The zero-order valence-electron chi connectivity index (χ0n) is 13.0. The first-order valence-corrected chi connectivity index (χ1v) is 7.85. The molecule has 1 aliphatic carbocycles. The maximum atomic E-state index is 6.12. The van der Waals surface area contributed by atoms with Gasteiger partial charge in [0.2, 0.25) is 0 Å². The third kappa shape index (κ3) is 4.35. The van der Waals surface area contributed by atoms with Crippen molar-refractivity contribution in [2.75, 3.05) is 19.7 Å². The first kappa shape index (κ1) is 15.6. The van der Waals surface area contributed by atoms with Gasteiger partial charge in [-0.15, -0.1) is 0 Å². The van der Waals surface area contributed by atoms with E-state index in [1.54, 1.807) is 0 Å². The quantitative estimate of drug-likeness (QED) is 0.610. The van der Waals surface area contributed by atoms with E-state index in [1.807, 2.05) is 0 Å². The molecule has 1 atom stereocenters. The minimum Gasteiger partial charge on any atom is -0.370 e. The number of nitrogens with zero attached hydrogens (tertiary/aromatic N) is 1. The number of nitrogens with two attached hydrogens (primary N) is 1. The van der Waals surface area contributed by atoms with Gasteiger partial charge in [0.1, 0.15) is 6.10 Å². The average molecular weight is 283 g/mol. The molecule has 0 aromatic carbocycles. The van der Waals surface area contributed by atoms with Crippen LogP contribution >= 0.6 is 0 Å². The predicted octanol–water partition coefficient (Wildman–Crippen LogP) is 1.87. The fourth-order valence-corrected chi connectivity index (χ4v) is 2.74. The highest BCUT2D eigenvalue weighted by Gasteiger charge is 2.43. The summed E-state index contributed by atoms with van der Waals surface area (Å²) in [5.41, 5.74) is 5.83. The van der Waals surface area contributed by atoms with Crippen molar-refractivity contribution in [3.63, 3.8) is 0 Å². The van der Waals surface area contributed by atoms with Gasteiger partial charge in [-0.1, -0.05) is 20.8 Å². The minimum absolute atomic E-state index is 0.0798. The molecule has 2 aliphatic rings. The molecule has 3 N–H and O–H groups in total. The van der Waals surface area contributed by atoms with Crippen LogP contribution in [0.2, 0.25) is 0 Å². The SMILES string of the molecule is CC(C)CN=C(N)NCC1COC2(CCC(C)CC2)O1. The summed E-state index contributed by atoms with van der Waals surface area (Å²) in [5, 5.41) is 3.13. The van der Waals surface area contributed by atoms with Crippen LogP contribution in [0.4, 0.5) is 0 Å². The standard InChI is InChI=1S/C15H29N3O2/c1-11(2)8-17-14(16)18-9-13-10-19-15(20-13)6-4-12(3)5-7-15/h11-13H,4-10H2,1-3H3,(H3,16,17,18). The molecule has 0 bridgehead atoms. The second-order valence-electron chi connectivity index (χ2n) is 6.64. The Morgan fingerprint density at radius 1 is 1.40 bits per heavy atom. The maximum Gasteiger partial charge on any atom is 0.188 e. The molecule has 0 aromatic heterocycles. The number of ether oxygens (including phenoxy) is 2. The Kier molecular flexibility index (Phi) is 5.27. The van der Waals surface area contributed by atoms with Crippen LogP contribution in [-0.2, 0) is 9.47 Å². The van der Waals surface area contributed by atoms with Crippen molar-refractivity contribution in [1.29, 1.82) is 0 Å². The zero-order valence-corrected chi connectivity index (χ0v) is 13.0. The number of rotatable bonds is 4. The van der Waals surface area contributed by atoms with Gasteiger partial charge in [0, 0.05) is 25.9 Å². The normalized spacial score (nSPS) is 34.9. The largest absolute Gasteiger partial charge is 0.370 e. The van der Waals surface area contributed by atoms with E-state index < -0.39 is 0 Å². The molecule has 2 rings (SSSR count). The van der Waals surface area contributed by atoms with Crippen LogP contribution in [0.3, 0.4) is 0 Å². The van der Waals surface area contributed by atoms with Gasteiger partial charge in [-0.25, -0.2) is 0 Å². The molecule has 1 unspecified atom stereocenters. The van der Waals surface area contributed by atoms with Crippen molar-refractivity contribution >= 4 is 5.96 Å². The third-order valence-electron chi connectivity index (χ3n) is 4.09. The van der Waals surface area contributed by atoms with Crippen LogP contribution in [0.1, 0.15) is 46.5 Å². The summed E-state index contributed by atoms with van der Waals surface area (Å²) in [6.45, 7) is 8.62. The van der Waals surface area contributed by atoms with Gasteiger partial charge < -0.3 is 20.5 Å². The van der Waals surface area contributed by atoms with Crippen molar-refractivity contribution in [2.24, 2.45) is 22.6 Å². The van der Waals surface area contributed by atoms with Crippen molar-refractivity contribution in [1.82, 2.24) is 5.32 Å². The lowest BCUT2D eigenvalue weighted by Gasteiger charge is -2.34. The fraction of sp³-hybridized carbons (Fsp3) is 0.933. The Hall–Kier alpha value is -0.810. The molecule has 1 heterocycles. The van der Waals surface area contributed by atoms with Crippen LogP contribution in [-0.4, -0.2) is 37.5 Å². The summed E-state index contributed by atoms with van der Waals surface area (Å²) in [7, 11) is 0. The average Bonchev–Trinajstić information content (AvgIpc) is 2.81. The fourth-order valence-electron chi connectivity index (χ4n) is 2.74. The Labute approximate surface area is 122 Å². The van der Waals surface area contributed by atoms with Gasteiger partial charge in [0.25, 0.3) is 0 Å². The first-order chi connectivity index (χ1) is 9.49. The molecule has 2 fully saturated rings. The minimum atomic E-state index is -0.317. The summed E-state index contributed by atoms with van der Waals surface area (Å²) < 4.78 is 12.0. The molecule has 116 valence electrons. The Morgan fingerprint density at radius 2 is 2.10 bits per heavy atom. The molecule has 5 nitrogen and oxygen atoms in total. The van der Waals surface area contributed by atoms with Crippen LogP contribution in [0, 0.1) is 11.8 Å². The molecule has 0 radical (unpaired) electrons. The Balaban J connectivity index is 1.72. The highest BCUT2D eigenvalue weighted by molar-refractivity contribution is 5.77. The monoisotopic (exact) mass is 283 g/mol. The Morgan fingerprint density at radius 3 is 2.75 bits per heavy atom.